The van der Waals surface area contributed by atoms with Crippen molar-refractivity contribution in [2.45, 2.75) is 26.8 Å². The summed E-state index contributed by atoms with van der Waals surface area (Å²) in [5.41, 5.74) is 1.89. The first-order valence-corrected chi connectivity index (χ1v) is 7.65. The van der Waals surface area contributed by atoms with Crippen LogP contribution in [-0.4, -0.2) is 42.9 Å². The van der Waals surface area contributed by atoms with Gasteiger partial charge in [-0.25, -0.2) is 0 Å². The van der Waals surface area contributed by atoms with Crippen LogP contribution in [0.1, 0.15) is 36.2 Å². The molecule has 1 aromatic carbocycles. The highest BCUT2D eigenvalue weighted by Gasteiger charge is 2.11. The Kier molecular flexibility index (Phi) is 8.22. The Balaban J connectivity index is 0.00000242. The lowest BCUT2D eigenvalue weighted by Crippen LogP contribution is -2.40. The van der Waals surface area contributed by atoms with Gasteiger partial charge in [0.15, 0.2) is 5.96 Å². The van der Waals surface area contributed by atoms with Gasteiger partial charge >= 0.3 is 0 Å². The van der Waals surface area contributed by atoms with E-state index in [1.54, 1.807) is 0 Å². The Morgan fingerprint density at radius 1 is 1.27 bits per heavy atom. The Morgan fingerprint density at radius 2 is 1.95 bits per heavy atom. The fourth-order valence-corrected chi connectivity index (χ4v) is 2.30. The van der Waals surface area contributed by atoms with Crippen molar-refractivity contribution in [3.05, 3.63) is 35.4 Å². The predicted octanol–water partition coefficient (Wildman–Crippen LogP) is 2.23. The molecule has 0 bridgehead atoms. The molecular weight excluding hydrogens is 391 g/mol. The van der Waals surface area contributed by atoms with Gasteiger partial charge in [0.25, 0.3) is 5.91 Å². The molecule has 0 spiro atoms. The highest BCUT2D eigenvalue weighted by molar-refractivity contribution is 14.0. The Labute approximate surface area is 149 Å². The molecule has 0 aliphatic carbocycles. The molecular formula is C16H25IN4O. The van der Waals surface area contributed by atoms with Gasteiger partial charge in [0, 0.05) is 38.3 Å². The molecule has 0 unspecified atom stereocenters. The number of amides is 1. The second kappa shape index (κ2) is 9.66. The van der Waals surface area contributed by atoms with Crippen LogP contribution in [0.15, 0.2) is 29.3 Å². The highest BCUT2D eigenvalue weighted by Crippen LogP contribution is 2.08. The summed E-state index contributed by atoms with van der Waals surface area (Å²) in [5, 5.41) is 6.50. The van der Waals surface area contributed by atoms with Gasteiger partial charge in [0.1, 0.15) is 0 Å². The normalized spacial score (nSPS) is 13.5. The summed E-state index contributed by atoms with van der Waals surface area (Å²) < 4.78 is 0. The van der Waals surface area contributed by atoms with Crippen LogP contribution in [0.2, 0.25) is 0 Å². The van der Waals surface area contributed by atoms with Crippen molar-refractivity contribution in [3.8, 4) is 0 Å². The van der Waals surface area contributed by atoms with Gasteiger partial charge in [-0.3, -0.25) is 9.79 Å². The number of carbonyl (C=O) groups is 1. The first-order valence-electron chi connectivity index (χ1n) is 7.65. The molecule has 6 heteroatoms. The van der Waals surface area contributed by atoms with Crippen molar-refractivity contribution in [3.63, 3.8) is 0 Å². The van der Waals surface area contributed by atoms with Crippen LogP contribution < -0.4 is 10.6 Å². The first-order chi connectivity index (χ1) is 10.2. The predicted molar refractivity (Wildman–Crippen MR) is 101 cm³/mol. The molecule has 2 N–H and O–H groups in total. The topological polar surface area (TPSA) is 56.7 Å². The van der Waals surface area contributed by atoms with E-state index in [2.05, 4.69) is 15.6 Å². The monoisotopic (exact) mass is 416 g/mol. The van der Waals surface area contributed by atoms with Crippen molar-refractivity contribution in [1.82, 2.24) is 15.5 Å². The van der Waals surface area contributed by atoms with Crippen LogP contribution in [0.25, 0.3) is 0 Å². The van der Waals surface area contributed by atoms with E-state index in [-0.39, 0.29) is 29.9 Å². The SMILES string of the molecule is CCN(CC)C(=O)c1ccc(CNC2=NCCCN2)cc1.I. The lowest BCUT2D eigenvalue weighted by Gasteiger charge is -2.19. The van der Waals surface area contributed by atoms with Crippen molar-refractivity contribution in [1.29, 1.82) is 0 Å². The lowest BCUT2D eigenvalue weighted by atomic mass is 10.1. The van der Waals surface area contributed by atoms with Gasteiger partial charge in [-0.05, 0) is 38.0 Å². The number of benzene rings is 1. The van der Waals surface area contributed by atoms with Crippen LogP contribution in [0.4, 0.5) is 0 Å². The molecule has 0 saturated heterocycles. The summed E-state index contributed by atoms with van der Waals surface area (Å²) in [7, 11) is 0. The largest absolute Gasteiger partial charge is 0.356 e. The molecule has 0 saturated carbocycles. The molecule has 5 nitrogen and oxygen atoms in total. The second-order valence-corrected chi connectivity index (χ2v) is 5.04. The zero-order valence-corrected chi connectivity index (χ0v) is 15.6. The zero-order chi connectivity index (χ0) is 15.1. The fraction of sp³-hybridized carbons (Fsp3) is 0.500. The van der Waals surface area contributed by atoms with E-state index >= 15 is 0 Å². The second-order valence-electron chi connectivity index (χ2n) is 5.04. The zero-order valence-electron chi connectivity index (χ0n) is 13.3. The van der Waals surface area contributed by atoms with Crippen molar-refractivity contribution >= 4 is 35.8 Å². The molecule has 1 heterocycles. The van der Waals surface area contributed by atoms with Crippen LogP contribution in [0.5, 0.6) is 0 Å². The number of hydrogen-bond acceptors (Lipinski definition) is 4. The molecule has 22 heavy (non-hydrogen) atoms. The summed E-state index contributed by atoms with van der Waals surface area (Å²) >= 11 is 0. The van der Waals surface area contributed by atoms with E-state index < -0.39 is 0 Å². The molecule has 2 rings (SSSR count). The van der Waals surface area contributed by atoms with Gasteiger partial charge < -0.3 is 15.5 Å². The Morgan fingerprint density at radius 3 is 2.50 bits per heavy atom. The van der Waals surface area contributed by atoms with E-state index in [0.717, 1.165) is 49.7 Å². The fourth-order valence-electron chi connectivity index (χ4n) is 2.30. The Bertz CT molecular complexity index is 497. The molecule has 0 atom stereocenters. The first kappa shape index (κ1) is 18.7. The molecule has 0 radical (unpaired) electrons. The van der Waals surface area contributed by atoms with E-state index in [1.165, 1.54) is 0 Å². The van der Waals surface area contributed by atoms with Crippen LogP contribution in [0.3, 0.4) is 0 Å². The molecule has 1 aliphatic heterocycles. The Hall–Kier alpha value is -1.31. The van der Waals surface area contributed by atoms with Crippen molar-refractivity contribution in [2.75, 3.05) is 26.2 Å². The average Bonchev–Trinajstić information content (AvgIpc) is 2.55. The maximum absolute atomic E-state index is 12.2. The van der Waals surface area contributed by atoms with Gasteiger partial charge in [-0.2, -0.15) is 0 Å². The number of nitrogens with one attached hydrogen (secondary N) is 2. The van der Waals surface area contributed by atoms with Crippen LogP contribution in [0, 0.1) is 0 Å². The van der Waals surface area contributed by atoms with Crippen LogP contribution >= 0.6 is 24.0 Å². The summed E-state index contributed by atoms with van der Waals surface area (Å²) in [4.78, 5) is 18.4. The van der Waals surface area contributed by atoms with Crippen LogP contribution in [-0.2, 0) is 6.54 Å². The third-order valence-electron chi connectivity index (χ3n) is 3.61. The molecule has 0 fully saturated rings. The molecule has 0 aromatic heterocycles. The van der Waals surface area contributed by atoms with Crippen molar-refractivity contribution in [2.24, 2.45) is 4.99 Å². The highest BCUT2D eigenvalue weighted by atomic mass is 127. The number of rotatable bonds is 5. The number of aliphatic imine (C=N–C) groups is 1. The van der Waals surface area contributed by atoms with Crippen molar-refractivity contribution < 1.29 is 4.79 Å². The number of hydrogen-bond donors (Lipinski definition) is 2. The molecule has 1 aliphatic rings. The van der Waals surface area contributed by atoms with E-state index in [1.807, 2.05) is 43.0 Å². The average molecular weight is 416 g/mol. The molecule has 122 valence electrons. The van der Waals surface area contributed by atoms with E-state index in [9.17, 15) is 4.79 Å². The number of carbonyl (C=O) groups excluding carboxylic acids is 1. The van der Waals surface area contributed by atoms with Gasteiger partial charge in [0.05, 0.1) is 0 Å². The summed E-state index contributed by atoms with van der Waals surface area (Å²) in [5.74, 6) is 0.961. The third-order valence-corrected chi connectivity index (χ3v) is 3.61. The smallest absolute Gasteiger partial charge is 0.253 e. The number of halogens is 1. The number of guanidine groups is 1. The molecule has 1 aromatic rings. The maximum Gasteiger partial charge on any atom is 0.253 e. The lowest BCUT2D eigenvalue weighted by molar-refractivity contribution is 0.0773. The van der Waals surface area contributed by atoms with Gasteiger partial charge in [-0.1, -0.05) is 12.1 Å². The van der Waals surface area contributed by atoms with E-state index in [0.29, 0.717) is 6.54 Å². The number of nitrogens with zero attached hydrogens (tertiary/aromatic N) is 2. The molecule has 1 amide bonds. The quantitative estimate of drug-likeness (QED) is 0.724. The summed E-state index contributed by atoms with van der Waals surface area (Å²) in [6, 6.07) is 7.78. The summed E-state index contributed by atoms with van der Waals surface area (Å²) in [6.45, 7) is 8.05. The minimum absolute atomic E-state index is 0. The standard InChI is InChI=1S/C16H24N4O.HI/c1-3-20(4-2)15(21)14-8-6-13(7-9-14)12-19-16-17-10-5-11-18-16;/h6-9H,3-5,10-12H2,1-2H3,(H2,17,18,19);1H. The van der Waals surface area contributed by atoms with Gasteiger partial charge in [-0.15, -0.1) is 24.0 Å². The van der Waals surface area contributed by atoms with Gasteiger partial charge in [0.2, 0.25) is 0 Å². The minimum atomic E-state index is 0. The minimum Gasteiger partial charge on any atom is -0.356 e. The maximum atomic E-state index is 12.2. The summed E-state index contributed by atoms with van der Waals surface area (Å²) in [6.07, 6.45) is 1.09. The third kappa shape index (κ3) is 5.15. The van der Waals surface area contributed by atoms with E-state index in [4.69, 9.17) is 0 Å².